The van der Waals surface area contributed by atoms with Gasteiger partial charge in [0.05, 0.1) is 10.7 Å². The maximum Gasteiger partial charge on any atom is 0.135 e. The summed E-state index contributed by atoms with van der Waals surface area (Å²) in [5.74, 6) is -1.34. The molecule has 0 bridgehead atoms. The molecule has 5 heteroatoms. The molecule has 0 radical (unpaired) electrons. The first-order chi connectivity index (χ1) is 7.18. The second-order valence-corrected chi connectivity index (χ2v) is 3.25. The van der Waals surface area contributed by atoms with Crippen LogP contribution in [0.1, 0.15) is 0 Å². The number of nitrogens with zero attached hydrogens (tertiary/aromatic N) is 2. The van der Waals surface area contributed by atoms with Crippen molar-refractivity contribution >= 4 is 11.6 Å². The van der Waals surface area contributed by atoms with Gasteiger partial charge in [-0.05, 0) is 12.1 Å². The smallest absolute Gasteiger partial charge is 0.135 e. The second-order valence-electron chi connectivity index (χ2n) is 2.84. The molecule has 0 spiro atoms. The Morgan fingerprint density at radius 1 is 1.20 bits per heavy atom. The van der Waals surface area contributed by atoms with Gasteiger partial charge in [-0.3, -0.25) is 0 Å². The average molecular weight is 227 g/mol. The van der Waals surface area contributed by atoms with Crippen LogP contribution in [-0.2, 0) is 0 Å². The first-order valence-electron chi connectivity index (χ1n) is 4.09. The Hall–Kier alpha value is -1.55. The molecule has 0 amide bonds. The van der Waals surface area contributed by atoms with Crippen molar-refractivity contribution in [2.75, 3.05) is 0 Å². The predicted molar refractivity (Wildman–Crippen MR) is 52.4 cm³/mol. The van der Waals surface area contributed by atoms with E-state index >= 15 is 0 Å². The fraction of sp³-hybridized carbons (Fsp3) is 0. The Morgan fingerprint density at radius 3 is 2.67 bits per heavy atom. The van der Waals surface area contributed by atoms with E-state index in [1.54, 1.807) is 0 Å². The number of halogens is 3. The minimum Gasteiger partial charge on any atom is -0.243 e. The summed E-state index contributed by atoms with van der Waals surface area (Å²) in [6, 6.07) is 3.23. The SMILES string of the molecule is Fc1ccc(-c2ncncc2Cl)c(F)c1. The van der Waals surface area contributed by atoms with Crippen molar-refractivity contribution in [3.05, 3.63) is 47.4 Å². The Labute approximate surface area is 89.6 Å². The van der Waals surface area contributed by atoms with Crippen LogP contribution >= 0.6 is 11.6 Å². The van der Waals surface area contributed by atoms with E-state index in [4.69, 9.17) is 11.6 Å². The summed E-state index contributed by atoms with van der Waals surface area (Å²) in [6.07, 6.45) is 2.61. The van der Waals surface area contributed by atoms with Gasteiger partial charge < -0.3 is 0 Å². The predicted octanol–water partition coefficient (Wildman–Crippen LogP) is 3.08. The third kappa shape index (κ3) is 1.94. The highest BCUT2D eigenvalue weighted by atomic mass is 35.5. The van der Waals surface area contributed by atoms with E-state index in [-0.39, 0.29) is 16.3 Å². The lowest BCUT2D eigenvalue weighted by atomic mass is 10.1. The van der Waals surface area contributed by atoms with Gasteiger partial charge in [0.25, 0.3) is 0 Å². The Morgan fingerprint density at radius 2 is 2.00 bits per heavy atom. The van der Waals surface area contributed by atoms with E-state index < -0.39 is 11.6 Å². The summed E-state index contributed by atoms with van der Waals surface area (Å²) in [4.78, 5) is 7.51. The molecule has 2 rings (SSSR count). The molecule has 0 fully saturated rings. The average Bonchev–Trinajstić information content (AvgIpc) is 2.20. The molecule has 0 aliphatic carbocycles. The Kier molecular flexibility index (Phi) is 2.60. The molecule has 2 aromatic rings. The maximum absolute atomic E-state index is 13.4. The standard InChI is InChI=1S/C10H5ClF2N2/c11-8-4-14-5-15-10(8)7-2-1-6(12)3-9(7)13/h1-5H. The van der Waals surface area contributed by atoms with Gasteiger partial charge in [-0.15, -0.1) is 0 Å². The van der Waals surface area contributed by atoms with Crippen LogP contribution in [0.2, 0.25) is 5.02 Å². The van der Waals surface area contributed by atoms with Crippen molar-refractivity contribution in [1.82, 2.24) is 9.97 Å². The van der Waals surface area contributed by atoms with E-state index in [0.717, 1.165) is 12.1 Å². The number of benzene rings is 1. The zero-order chi connectivity index (χ0) is 10.8. The lowest BCUT2D eigenvalue weighted by molar-refractivity contribution is 0.585. The molecule has 15 heavy (non-hydrogen) atoms. The van der Waals surface area contributed by atoms with Crippen LogP contribution in [0.15, 0.2) is 30.7 Å². The molecule has 1 aromatic heterocycles. The monoisotopic (exact) mass is 226 g/mol. The van der Waals surface area contributed by atoms with Gasteiger partial charge in [-0.2, -0.15) is 0 Å². The summed E-state index contributed by atoms with van der Waals surface area (Å²) in [7, 11) is 0. The van der Waals surface area contributed by atoms with Gasteiger partial charge in [0.1, 0.15) is 18.0 Å². The summed E-state index contributed by atoms with van der Waals surface area (Å²) >= 11 is 5.79. The third-order valence-corrected chi connectivity index (χ3v) is 2.13. The Bertz CT molecular complexity index is 503. The molecule has 0 atom stereocenters. The van der Waals surface area contributed by atoms with Gasteiger partial charge in [0, 0.05) is 17.8 Å². The normalized spacial score (nSPS) is 10.3. The van der Waals surface area contributed by atoms with Gasteiger partial charge in [-0.1, -0.05) is 11.6 Å². The lowest BCUT2D eigenvalue weighted by Crippen LogP contribution is -1.91. The molecule has 2 nitrogen and oxygen atoms in total. The van der Waals surface area contributed by atoms with Crippen molar-refractivity contribution < 1.29 is 8.78 Å². The molecule has 0 aliphatic rings. The van der Waals surface area contributed by atoms with Crippen LogP contribution in [0.5, 0.6) is 0 Å². The van der Waals surface area contributed by atoms with E-state index in [2.05, 4.69) is 9.97 Å². The molecule has 1 heterocycles. The van der Waals surface area contributed by atoms with Crippen molar-refractivity contribution in [1.29, 1.82) is 0 Å². The highest BCUT2D eigenvalue weighted by Gasteiger charge is 2.10. The lowest BCUT2D eigenvalue weighted by Gasteiger charge is -2.03. The molecular formula is C10H5ClF2N2. The van der Waals surface area contributed by atoms with Crippen molar-refractivity contribution in [2.45, 2.75) is 0 Å². The third-order valence-electron chi connectivity index (χ3n) is 1.85. The molecule has 0 aliphatic heterocycles. The molecule has 1 aromatic carbocycles. The molecule has 0 unspecified atom stereocenters. The van der Waals surface area contributed by atoms with E-state index in [9.17, 15) is 8.78 Å². The molecular weight excluding hydrogens is 222 g/mol. The topological polar surface area (TPSA) is 25.8 Å². The first-order valence-corrected chi connectivity index (χ1v) is 4.47. The highest BCUT2D eigenvalue weighted by molar-refractivity contribution is 6.32. The molecule has 0 saturated heterocycles. The maximum atomic E-state index is 13.4. The minimum atomic E-state index is -0.699. The Balaban J connectivity index is 2.60. The summed E-state index contributed by atoms with van der Waals surface area (Å²) < 4.78 is 26.0. The zero-order valence-corrected chi connectivity index (χ0v) is 8.17. The van der Waals surface area contributed by atoms with Crippen molar-refractivity contribution in [3.8, 4) is 11.3 Å². The summed E-state index contributed by atoms with van der Waals surface area (Å²) in [5.41, 5.74) is 0.410. The minimum absolute atomic E-state index is 0.156. The molecule has 0 N–H and O–H groups in total. The number of hydrogen-bond donors (Lipinski definition) is 0. The quantitative estimate of drug-likeness (QED) is 0.747. The van der Waals surface area contributed by atoms with E-state index in [1.807, 2.05) is 0 Å². The second kappa shape index (κ2) is 3.90. The fourth-order valence-electron chi connectivity index (χ4n) is 1.19. The highest BCUT2D eigenvalue weighted by Crippen LogP contribution is 2.26. The van der Waals surface area contributed by atoms with E-state index in [0.29, 0.717) is 0 Å². The van der Waals surface area contributed by atoms with Crippen LogP contribution in [0, 0.1) is 11.6 Å². The number of aromatic nitrogens is 2. The zero-order valence-electron chi connectivity index (χ0n) is 7.42. The van der Waals surface area contributed by atoms with Crippen LogP contribution < -0.4 is 0 Å². The van der Waals surface area contributed by atoms with Gasteiger partial charge in [-0.25, -0.2) is 18.7 Å². The van der Waals surface area contributed by atoms with Gasteiger partial charge in [0.15, 0.2) is 0 Å². The van der Waals surface area contributed by atoms with Gasteiger partial charge in [0.2, 0.25) is 0 Å². The van der Waals surface area contributed by atoms with E-state index in [1.165, 1.54) is 18.6 Å². The molecule has 0 saturated carbocycles. The fourth-order valence-corrected chi connectivity index (χ4v) is 1.40. The van der Waals surface area contributed by atoms with Gasteiger partial charge >= 0.3 is 0 Å². The van der Waals surface area contributed by atoms with Crippen molar-refractivity contribution in [3.63, 3.8) is 0 Å². The van der Waals surface area contributed by atoms with Crippen LogP contribution in [0.25, 0.3) is 11.3 Å². The summed E-state index contributed by atoms with van der Waals surface area (Å²) in [6.45, 7) is 0. The largest absolute Gasteiger partial charge is 0.243 e. The summed E-state index contributed by atoms with van der Waals surface area (Å²) in [5, 5.41) is 0.225. The van der Waals surface area contributed by atoms with Crippen LogP contribution in [0.4, 0.5) is 8.78 Å². The number of hydrogen-bond acceptors (Lipinski definition) is 2. The molecule has 76 valence electrons. The van der Waals surface area contributed by atoms with Crippen molar-refractivity contribution in [2.24, 2.45) is 0 Å². The number of rotatable bonds is 1. The first kappa shape index (κ1) is 9.98. The van der Waals surface area contributed by atoms with Crippen LogP contribution in [-0.4, -0.2) is 9.97 Å². The van der Waals surface area contributed by atoms with Crippen LogP contribution in [0.3, 0.4) is 0 Å².